The van der Waals surface area contributed by atoms with E-state index in [1.54, 1.807) is 6.08 Å². The number of carbonyl (C=O) groups excluding carboxylic acids is 1. The van der Waals surface area contributed by atoms with Crippen molar-refractivity contribution < 1.29 is 14.7 Å². The molecule has 0 radical (unpaired) electrons. The number of allylic oxidation sites excluding steroid dienone is 1. The third-order valence-corrected chi connectivity index (χ3v) is 3.76. The van der Waals surface area contributed by atoms with Crippen LogP contribution in [0.25, 0.3) is 0 Å². The lowest BCUT2D eigenvalue weighted by molar-refractivity contribution is -0.142. The van der Waals surface area contributed by atoms with Gasteiger partial charge in [0.2, 0.25) is 5.91 Å². The van der Waals surface area contributed by atoms with E-state index < -0.39 is 12.0 Å². The van der Waals surface area contributed by atoms with Gasteiger partial charge in [0, 0.05) is 5.92 Å². The van der Waals surface area contributed by atoms with E-state index in [1.165, 1.54) is 0 Å². The molecule has 0 aliphatic heterocycles. The fourth-order valence-electron chi connectivity index (χ4n) is 2.58. The first-order chi connectivity index (χ1) is 10.9. The van der Waals surface area contributed by atoms with Crippen LogP contribution in [0.15, 0.2) is 43.0 Å². The Morgan fingerprint density at radius 3 is 2.43 bits per heavy atom. The Kier molecular flexibility index (Phi) is 8.09. The molecule has 1 aromatic carbocycles. The number of aryl methyl sites for hydroxylation is 1. The lowest BCUT2D eigenvalue weighted by Gasteiger charge is -2.21. The number of amides is 1. The van der Waals surface area contributed by atoms with Crippen LogP contribution in [0.3, 0.4) is 0 Å². The van der Waals surface area contributed by atoms with Crippen molar-refractivity contribution in [2.45, 2.75) is 45.6 Å². The van der Waals surface area contributed by atoms with Gasteiger partial charge in [-0.1, -0.05) is 50.3 Å². The smallest absolute Gasteiger partial charge is 0.326 e. The highest BCUT2D eigenvalue weighted by molar-refractivity contribution is 5.85. The van der Waals surface area contributed by atoms with Crippen LogP contribution in [-0.4, -0.2) is 23.0 Å². The molecule has 0 spiro atoms. The third-order valence-electron chi connectivity index (χ3n) is 3.76. The predicted octanol–water partition coefficient (Wildman–Crippen LogP) is 3.43. The van der Waals surface area contributed by atoms with Gasteiger partial charge < -0.3 is 10.4 Å². The van der Waals surface area contributed by atoms with E-state index in [4.69, 9.17) is 0 Å². The minimum absolute atomic E-state index is 0.195. The lowest BCUT2D eigenvalue weighted by atomic mass is 9.93. The summed E-state index contributed by atoms with van der Waals surface area (Å²) in [5, 5.41) is 12.0. The minimum Gasteiger partial charge on any atom is -0.480 e. The summed E-state index contributed by atoms with van der Waals surface area (Å²) in [6.45, 7) is 7.78. The van der Waals surface area contributed by atoms with Gasteiger partial charge in [0.25, 0.3) is 0 Å². The van der Waals surface area contributed by atoms with Gasteiger partial charge in [-0.15, -0.1) is 6.58 Å². The number of aliphatic carboxylic acids is 1. The summed E-state index contributed by atoms with van der Waals surface area (Å²) in [7, 11) is 0. The number of rotatable bonds is 10. The first kappa shape index (κ1) is 18.9. The zero-order chi connectivity index (χ0) is 17.2. The predicted molar refractivity (Wildman–Crippen MR) is 92.1 cm³/mol. The lowest BCUT2D eigenvalue weighted by Crippen LogP contribution is -2.44. The molecule has 0 aliphatic carbocycles. The number of carboxylic acid groups (broad SMARTS) is 1. The molecule has 0 fully saturated rings. The topological polar surface area (TPSA) is 66.4 Å². The van der Waals surface area contributed by atoms with Gasteiger partial charge >= 0.3 is 5.97 Å². The molecule has 0 saturated heterocycles. The zero-order valence-electron chi connectivity index (χ0n) is 14.0. The number of carboxylic acids is 1. The van der Waals surface area contributed by atoms with E-state index >= 15 is 0 Å². The van der Waals surface area contributed by atoms with Crippen LogP contribution in [0.1, 0.15) is 38.7 Å². The largest absolute Gasteiger partial charge is 0.480 e. The van der Waals surface area contributed by atoms with Crippen molar-refractivity contribution in [3.8, 4) is 0 Å². The molecule has 2 unspecified atom stereocenters. The van der Waals surface area contributed by atoms with Crippen LogP contribution in [0, 0.1) is 11.8 Å². The Bertz CT molecular complexity index is 511. The Labute approximate surface area is 138 Å². The molecule has 0 heterocycles. The third kappa shape index (κ3) is 7.13. The van der Waals surface area contributed by atoms with Crippen molar-refractivity contribution in [2.75, 3.05) is 0 Å². The van der Waals surface area contributed by atoms with Crippen molar-refractivity contribution in [3.63, 3.8) is 0 Å². The number of hydrogen-bond donors (Lipinski definition) is 2. The normalized spacial score (nSPS) is 13.3. The number of nitrogens with one attached hydrogen (secondary N) is 1. The molecule has 2 N–H and O–H groups in total. The minimum atomic E-state index is -0.990. The van der Waals surface area contributed by atoms with E-state index in [1.807, 2.05) is 44.2 Å². The molecule has 4 heteroatoms. The second-order valence-electron chi connectivity index (χ2n) is 6.27. The van der Waals surface area contributed by atoms with Gasteiger partial charge in [-0.3, -0.25) is 4.79 Å². The summed E-state index contributed by atoms with van der Waals surface area (Å²) < 4.78 is 0. The van der Waals surface area contributed by atoms with E-state index in [2.05, 4.69) is 11.9 Å². The standard InChI is InChI=1S/C19H27NO3/c1-4-8-16(13-14(2)3)18(21)20-17(19(22)23)12-11-15-9-6-5-7-10-15/h4-7,9-10,14,16-17H,1,8,11-13H2,2-3H3,(H,20,21)(H,22,23). The summed E-state index contributed by atoms with van der Waals surface area (Å²) in [6, 6.07) is 8.83. The summed E-state index contributed by atoms with van der Waals surface area (Å²) >= 11 is 0. The molecule has 2 atom stereocenters. The second-order valence-corrected chi connectivity index (χ2v) is 6.27. The molecule has 0 bridgehead atoms. The van der Waals surface area contributed by atoms with Crippen LogP contribution in [-0.2, 0) is 16.0 Å². The Morgan fingerprint density at radius 1 is 1.26 bits per heavy atom. The average Bonchev–Trinajstić information content (AvgIpc) is 2.51. The van der Waals surface area contributed by atoms with Crippen molar-refractivity contribution >= 4 is 11.9 Å². The molecule has 0 aromatic heterocycles. The SMILES string of the molecule is C=CCC(CC(C)C)C(=O)NC(CCc1ccccc1)C(=O)O. The van der Waals surface area contributed by atoms with Gasteiger partial charge in [-0.2, -0.15) is 0 Å². The average molecular weight is 317 g/mol. The summed E-state index contributed by atoms with van der Waals surface area (Å²) in [5.41, 5.74) is 1.07. The van der Waals surface area contributed by atoms with E-state index in [-0.39, 0.29) is 11.8 Å². The zero-order valence-corrected chi connectivity index (χ0v) is 14.0. The number of hydrogen-bond acceptors (Lipinski definition) is 2. The molecule has 4 nitrogen and oxygen atoms in total. The maximum Gasteiger partial charge on any atom is 0.326 e. The highest BCUT2D eigenvalue weighted by Crippen LogP contribution is 2.17. The molecule has 0 saturated carbocycles. The van der Waals surface area contributed by atoms with Crippen LogP contribution in [0.2, 0.25) is 0 Å². The van der Waals surface area contributed by atoms with Crippen LogP contribution < -0.4 is 5.32 Å². The van der Waals surface area contributed by atoms with Crippen LogP contribution >= 0.6 is 0 Å². The van der Waals surface area contributed by atoms with Gasteiger partial charge in [0.1, 0.15) is 6.04 Å². The van der Waals surface area contributed by atoms with Gasteiger partial charge in [0.05, 0.1) is 0 Å². The van der Waals surface area contributed by atoms with Crippen molar-refractivity contribution in [2.24, 2.45) is 11.8 Å². The fourth-order valence-corrected chi connectivity index (χ4v) is 2.58. The van der Waals surface area contributed by atoms with Crippen molar-refractivity contribution in [1.29, 1.82) is 0 Å². The first-order valence-electron chi connectivity index (χ1n) is 8.12. The molecule has 1 amide bonds. The van der Waals surface area contributed by atoms with Crippen LogP contribution in [0.4, 0.5) is 0 Å². The molecule has 1 aromatic rings. The Hall–Kier alpha value is -2.10. The summed E-state index contributed by atoms with van der Waals surface area (Å²) in [4.78, 5) is 23.8. The molecular weight excluding hydrogens is 290 g/mol. The highest BCUT2D eigenvalue weighted by atomic mass is 16.4. The van der Waals surface area contributed by atoms with E-state index in [0.717, 1.165) is 12.0 Å². The van der Waals surface area contributed by atoms with E-state index in [9.17, 15) is 14.7 Å². The summed E-state index contributed by atoms with van der Waals surface area (Å²) in [6.07, 6.45) is 4.01. The Balaban J connectivity index is 2.64. The molecule has 1 rings (SSSR count). The molecule has 0 aliphatic rings. The fraction of sp³-hybridized carbons (Fsp3) is 0.474. The Morgan fingerprint density at radius 2 is 1.91 bits per heavy atom. The molecular formula is C19H27NO3. The maximum atomic E-state index is 12.4. The second kappa shape index (κ2) is 9.82. The molecule has 126 valence electrons. The quantitative estimate of drug-likeness (QED) is 0.650. The maximum absolute atomic E-state index is 12.4. The van der Waals surface area contributed by atoms with Crippen LogP contribution in [0.5, 0.6) is 0 Å². The highest BCUT2D eigenvalue weighted by Gasteiger charge is 2.25. The first-order valence-corrected chi connectivity index (χ1v) is 8.12. The van der Waals surface area contributed by atoms with Gasteiger partial charge in [0.15, 0.2) is 0 Å². The summed E-state index contributed by atoms with van der Waals surface area (Å²) in [5.74, 6) is -1.03. The number of carbonyl (C=O) groups is 2. The molecule has 23 heavy (non-hydrogen) atoms. The van der Waals surface area contributed by atoms with Crippen molar-refractivity contribution in [3.05, 3.63) is 48.6 Å². The monoisotopic (exact) mass is 317 g/mol. The van der Waals surface area contributed by atoms with Crippen molar-refractivity contribution in [1.82, 2.24) is 5.32 Å². The number of benzene rings is 1. The van der Waals surface area contributed by atoms with E-state index in [0.29, 0.717) is 25.2 Å². The van der Waals surface area contributed by atoms with Gasteiger partial charge in [-0.05, 0) is 37.2 Å². The van der Waals surface area contributed by atoms with Gasteiger partial charge in [-0.25, -0.2) is 4.79 Å².